The van der Waals surface area contributed by atoms with Crippen molar-refractivity contribution in [1.29, 1.82) is 5.26 Å². The molecule has 0 aromatic heterocycles. The first-order valence-electron chi connectivity index (χ1n) is 9.05. The minimum Gasteiger partial charge on any atom is -0.497 e. The molecule has 0 aliphatic carbocycles. The number of carbonyl (C=O) groups is 2. The van der Waals surface area contributed by atoms with Gasteiger partial charge < -0.3 is 9.47 Å². The molecule has 0 saturated carbocycles. The summed E-state index contributed by atoms with van der Waals surface area (Å²) in [5.74, 6) is 0.0380. The maximum Gasteiger partial charge on any atom is 0.276 e. The first-order chi connectivity index (χ1) is 14.6. The summed E-state index contributed by atoms with van der Waals surface area (Å²) in [5, 5.41) is 11.0. The van der Waals surface area contributed by atoms with Crippen LogP contribution in [0.5, 0.6) is 11.5 Å². The smallest absolute Gasteiger partial charge is 0.276 e. The molecule has 0 saturated heterocycles. The molecule has 0 aliphatic rings. The van der Waals surface area contributed by atoms with E-state index in [4.69, 9.17) is 14.7 Å². The third-order valence-corrected chi connectivity index (χ3v) is 4.19. The lowest BCUT2D eigenvalue weighted by Crippen LogP contribution is -2.43. The van der Waals surface area contributed by atoms with Crippen LogP contribution in [-0.4, -0.2) is 25.5 Å². The fourth-order valence-electron chi connectivity index (χ4n) is 2.68. The third-order valence-electron chi connectivity index (χ3n) is 4.19. The molecule has 2 amide bonds. The van der Waals surface area contributed by atoms with Gasteiger partial charge >= 0.3 is 0 Å². The Morgan fingerprint density at radius 3 is 2.60 bits per heavy atom. The fourth-order valence-corrected chi connectivity index (χ4v) is 2.68. The number of methoxy groups -OCH3 is 1. The molecule has 30 heavy (non-hydrogen) atoms. The van der Waals surface area contributed by atoms with E-state index < -0.39 is 11.8 Å². The Hall–Kier alpha value is -4.31. The summed E-state index contributed by atoms with van der Waals surface area (Å²) in [6.07, 6.45) is 2.96. The van der Waals surface area contributed by atoms with Gasteiger partial charge in [0, 0.05) is 6.08 Å². The molecule has 0 fully saturated rings. The van der Waals surface area contributed by atoms with Crippen molar-refractivity contribution in [2.24, 2.45) is 0 Å². The van der Waals surface area contributed by atoms with Crippen LogP contribution in [0, 0.1) is 11.3 Å². The van der Waals surface area contributed by atoms with Gasteiger partial charge in [-0.15, -0.1) is 0 Å². The fraction of sp³-hybridized carbons (Fsp3) is 0.0870. The van der Waals surface area contributed by atoms with Gasteiger partial charge in [-0.25, -0.2) is 0 Å². The van der Waals surface area contributed by atoms with E-state index in [-0.39, 0.29) is 6.61 Å². The van der Waals surface area contributed by atoms with Gasteiger partial charge in [-0.05, 0) is 52.7 Å². The van der Waals surface area contributed by atoms with Crippen molar-refractivity contribution in [3.8, 4) is 17.6 Å². The number of benzene rings is 3. The zero-order valence-electron chi connectivity index (χ0n) is 16.2. The summed E-state index contributed by atoms with van der Waals surface area (Å²) in [6.45, 7) is -0.336. The number of nitrogens with one attached hydrogen (secondary N) is 2. The van der Waals surface area contributed by atoms with Crippen LogP contribution in [0.15, 0.2) is 66.7 Å². The molecule has 150 valence electrons. The van der Waals surface area contributed by atoms with Crippen molar-refractivity contribution >= 4 is 28.7 Å². The van der Waals surface area contributed by atoms with Crippen LogP contribution in [0.3, 0.4) is 0 Å². The first kappa shape index (κ1) is 20.4. The van der Waals surface area contributed by atoms with E-state index in [9.17, 15) is 9.59 Å². The Balaban J connectivity index is 1.50. The molecule has 3 aromatic rings. The van der Waals surface area contributed by atoms with Crippen molar-refractivity contribution in [2.45, 2.75) is 0 Å². The Bertz CT molecular complexity index is 1150. The molecule has 3 aromatic carbocycles. The monoisotopic (exact) mass is 401 g/mol. The van der Waals surface area contributed by atoms with Crippen LogP contribution in [0.2, 0.25) is 0 Å². The predicted molar refractivity (Wildman–Crippen MR) is 112 cm³/mol. The summed E-state index contributed by atoms with van der Waals surface area (Å²) in [4.78, 5) is 23.8. The van der Waals surface area contributed by atoms with Crippen LogP contribution in [-0.2, 0) is 9.59 Å². The number of rotatable bonds is 6. The van der Waals surface area contributed by atoms with Gasteiger partial charge in [0.1, 0.15) is 17.6 Å². The van der Waals surface area contributed by atoms with Crippen LogP contribution in [0.1, 0.15) is 11.1 Å². The van der Waals surface area contributed by atoms with Gasteiger partial charge in [0.15, 0.2) is 6.61 Å². The molecule has 0 unspecified atom stereocenters. The number of carbonyl (C=O) groups excluding carboxylic acids is 2. The zero-order valence-corrected chi connectivity index (χ0v) is 16.2. The number of amides is 2. The van der Waals surface area contributed by atoms with E-state index in [2.05, 4.69) is 10.9 Å². The highest BCUT2D eigenvalue weighted by Crippen LogP contribution is 2.22. The summed E-state index contributed by atoms with van der Waals surface area (Å²) in [6, 6.07) is 20.1. The largest absolute Gasteiger partial charge is 0.497 e. The second-order valence-corrected chi connectivity index (χ2v) is 6.24. The molecule has 7 heteroatoms. The number of hydrazine groups is 1. The Morgan fingerprint density at radius 1 is 1.03 bits per heavy atom. The van der Waals surface area contributed by atoms with Gasteiger partial charge in [-0.2, -0.15) is 5.26 Å². The maximum absolute atomic E-state index is 11.9. The quantitative estimate of drug-likeness (QED) is 0.489. The van der Waals surface area contributed by atoms with E-state index >= 15 is 0 Å². The maximum atomic E-state index is 11.9. The number of hydrogen-bond acceptors (Lipinski definition) is 5. The van der Waals surface area contributed by atoms with E-state index in [0.717, 1.165) is 22.1 Å². The Morgan fingerprint density at radius 2 is 1.80 bits per heavy atom. The zero-order chi connectivity index (χ0) is 21.3. The second-order valence-electron chi connectivity index (χ2n) is 6.24. The number of hydrogen-bond donors (Lipinski definition) is 2. The second kappa shape index (κ2) is 9.75. The molecule has 0 spiro atoms. The van der Waals surface area contributed by atoms with E-state index in [0.29, 0.717) is 11.3 Å². The topological polar surface area (TPSA) is 100 Å². The van der Waals surface area contributed by atoms with Crippen LogP contribution in [0.4, 0.5) is 0 Å². The van der Waals surface area contributed by atoms with Crippen molar-refractivity contribution in [1.82, 2.24) is 10.9 Å². The van der Waals surface area contributed by atoms with Crippen molar-refractivity contribution in [2.75, 3.05) is 13.7 Å². The first-order valence-corrected chi connectivity index (χ1v) is 9.05. The number of nitrogens with zero attached hydrogens (tertiary/aromatic N) is 1. The lowest BCUT2D eigenvalue weighted by molar-refractivity contribution is -0.128. The van der Waals surface area contributed by atoms with E-state index in [1.54, 1.807) is 37.5 Å². The van der Waals surface area contributed by atoms with Crippen LogP contribution < -0.4 is 20.3 Å². The molecule has 0 bridgehead atoms. The highest BCUT2D eigenvalue weighted by molar-refractivity contribution is 5.94. The predicted octanol–water partition coefficient (Wildman–Crippen LogP) is 2.96. The van der Waals surface area contributed by atoms with E-state index in [1.165, 1.54) is 6.08 Å². The standard InChI is InChI=1S/C23H19N3O4/c1-29-20-10-9-17-12-16(6-8-18(17)13-20)7-11-22(27)25-26-23(28)15-30-21-5-3-2-4-19(21)14-24/h2-13H,15H2,1H3,(H,25,27)(H,26,28)/b11-7+. The SMILES string of the molecule is COc1ccc2cc(/C=C/C(=O)NNC(=O)COc3ccccc3C#N)ccc2c1. The number of para-hydroxylation sites is 1. The lowest BCUT2D eigenvalue weighted by atomic mass is 10.1. The van der Waals surface area contributed by atoms with Crippen molar-refractivity contribution in [3.63, 3.8) is 0 Å². The molecular weight excluding hydrogens is 382 g/mol. The molecule has 0 atom stereocenters. The number of fused-ring (bicyclic) bond motifs is 1. The van der Waals surface area contributed by atoms with Gasteiger partial charge in [0.2, 0.25) is 0 Å². The normalized spacial score (nSPS) is 10.4. The average Bonchev–Trinajstić information content (AvgIpc) is 2.79. The van der Waals surface area contributed by atoms with Crippen molar-refractivity contribution < 1.29 is 19.1 Å². The lowest BCUT2D eigenvalue weighted by Gasteiger charge is -2.08. The highest BCUT2D eigenvalue weighted by atomic mass is 16.5. The molecule has 2 N–H and O–H groups in total. The minimum absolute atomic E-state index is 0.301. The molecular formula is C23H19N3O4. The summed E-state index contributed by atoms with van der Waals surface area (Å²) >= 11 is 0. The van der Waals surface area contributed by atoms with Gasteiger partial charge in [0.25, 0.3) is 11.8 Å². The average molecular weight is 401 g/mol. The molecule has 0 heterocycles. The number of ether oxygens (including phenoxy) is 2. The third kappa shape index (κ3) is 5.36. The summed E-state index contributed by atoms with van der Waals surface area (Å²) in [7, 11) is 1.62. The minimum atomic E-state index is -0.552. The molecule has 7 nitrogen and oxygen atoms in total. The molecule has 0 radical (unpaired) electrons. The van der Waals surface area contributed by atoms with E-state index in [1.807, 2.05) is 42.5 Å². The molecule has 0 aliphatic heterocycles. The molecule has 3 rings (SSSR count). The van der Waals surface area contributed by atoms with Gasteiger partial charge in [-0.1, -0.05) is 30.3 Å². The van der Waals surface area contributed by atoms with Crippen LogP contribution >= 0.6 is 0 Å². The van der Waals surface area contributed by atoms with Gasteiger partial charge in [0.05, 0.1) is 12.7 Å². The Kier molecular flexibility index (Phi) is 6.64. The highest BCUT2D eigenvalue weighted by Gasteiger charge is 2.07. The summed E-state index contributed by atoms with van der Waals surface area (Å²) < 4.78 is 10.5. The van der Waals surface area contributed by atoms with Crippen molar-refractivity contribution in [3.05, 3.63) is 77.9 Å². The number of nitriles is 1. The Labute approximate surface area is 173 Å². The van der Waals surface area contributed by atoms with Gasteiger partial charge in [-0.3, -0.25) is 20.4 Å². The summed E-state index contributed by atoms with van der Waals surface area (Å²) in [5.41, 5.74) is 5.70. The van der Waals surface area contributed by atoms with Crippen LogP contribution in [0.25, 0.3) is 16.8 Å².